The molecule has 29 heavy (non-hydrogen) atoms. The Hall–Kier alpha value is -3.09. The molecule has 1 saturated heterocycles. The molecule has 1 aliphatic rings. The number of piperidine rings is 1. The van der Waals surface area contributed by atoms with E-state index in [9.17, 15) is 14.0 Å². The van der Waals surface area contributed by atoms with E-state index in [1.807, 2.05) is 43.3 Å². The van der Waals surface area contributed by atoms with Gasteiger partial charge in [-0.05, 0) is 42.7 Å². The molecule has 3 rings (SSSR count). The van der Waals surface area contributed by atoms with Gasteiger partial charge in [-0.15, -0.1) is 0 Å². The van der Waals surface area contributed by atoms with Gasteiger partial charge >= 0.3 is 6.03 Å². The largest absolute Gasteiger partial charge is 0.378 e. The Balaban J connectivity index is 1.42. The molecular formula is C22H27FN4O2. The number of rotatable bonds is 5. The zero-order valence-corrected chi connectivity index (χ0v) is 16.8. The maximum Gasteiger partial charge on any atom is 0.315 e. The average Bonchev–Trinajstić information content (AvgIpc) is 2.73. The third-order valence-electron chi connectivity index (χ3n) is 5.13. The molecule has 0 saturated carbocycles. The summed E-state index contributed by atoms with van der Waals surface area (Å²) in [7, 11) is 3.96. The van der Waals surface area contributed by atoms with E-state index in [0.717, 1.165) is 11.3 Å². The van der Waals surface area contributed by atoms with Crippen LogP contribution in [0.4, 0.5) is 14.9 Å². The molecule has 0 aliphatic carbocycles. The van der Waals surface area contributed by atoms with Crippen molar-refractivity contribution in [3.05, 3.63) is 65.5 Å². The molecule has 3 amide bonds. The van der Waals surface area contributed by atoms with Crippen molar-refractivity contribution >= 4 is 17.6 Å². The van der Waals surface area contributed by atoms with Crippen molar-refractivity contribution in [3.8, 4) is 0 Å². The lowest BCUT2D eigenvalue weighted by Gasteiger charge is -2.32. The van der Waals surface area contributed by atoms with Gasteiger partial charge in [0.1, 0.15) is 5.82 Å². The van der Waals surface area contributed by atoms with Crippen molar-refractivity contribution in [1.82, 2.24) is 15.5 Å². The number of halogens is 1. The highest BCUT2D eigenvalue weighted by molar-refractivity contribution is 5.94. The van der Waals surface area contributed by atoms with Gasteiger partial charge in [-0.25, -0.2) is 9.18 Å². The molecule has 0 spiro atoms. The predicted octanol–water partition coefficient (Wildman–Crippen LogP) is 3.00. The number of amides is 3. The highest BCUT2D eigenvalue weighted by Crippen LogP contribution is 2.16. The molecule has 154 valence electrons. The van der Waals surface area contributed by atoms with E-state index in [2.05, 4.69) is 10.6 Å². The van der Waals surface area contributed by atoms with Gasteiger partial charge in [-0.3, -0.25) is 4.79 Å². The molecule has 2 aromatic carbocycles. The van der Waals surface area contributed by atoms with Crippen LogP contribution in [-0.4, -0.2) is 50.1 Å². The van der Waals surface area contributed by atoms with Crippen LogP contribution in [0.1, 0.15) is 28.8 Å². The first-order valence-corrected chi connectivity index (χ1v) is 9.78. The summed E-state index contributed by atoms with van der Waals surface area (Å²) in [6, 6.07) is 13.8. The number of carbonyl (C=O) groups is 2. The second-order valence-electron chi connectivity index (χ2n) is 7.43. The maximum atomic E-state index is 13.8. The van der Waals surface area contributed by atoms with Gasteiger partial charge in [0.15, 0.2) is 0 Å². The Labute approximate surface area is 170 Å². The van der Waals surface area contributed by atoms with Crippen LogP contribution in [0, 0.1) is 5.82 Å². The van der Waals surface area contributed by atoms with Crippen molar-refractivity contribution < 1.29 is 14.0 Å². The molecule has 0 radical (unpaired) electrons. The lowest BCUT2D eigenvalue weighted by molar-refractivity contribution is 0.0703. The van der Waals surface area contributed by atoms with Gasteiger partial charge in [0, 0.05) is 45.5 Å². The summed E-state index contributed by atoms with van der Waals surface area (Å²) in [5.74, 6) is -0.803. The van der Waals surface area contributed by atoms with Gasteiger partial charge in [-0.2, -0.15) is 0 Å². The van der Waals surface area contributed by atoms with Crippen molar-refractivity contribution in [2.75, 3.05) is 32.1 Å². The maximum absolute atomic E-state index is 13.8. The van der Waals surface area contributed by atoms with E-state index in [1.165, 1.54) is 12.1 Å². The van der Waals surface area contributed by atoms with Gasteiger partial charge < -0.3 is 20.4 Å². The number of hydrogen-bond donors (Lipinski definition) is 2. The summed E-state index contributed by atoms with van der Waals surface area (Å²) in [6.07, 6.45) is 1.29. The minimum Gasteiger partial charge on any atom is -0.378 e. The fourth-order valence-corrected chi connectivity index (χ4v) is 3.36. The second-order valence-corrected chi connectivity index (χ2v) is 7.43. The molecule has 1 aliphatic heterocycles. The molecule has 0 bridgehead atoms. The molecule has 0 unspecified atom stereocenters. The number of urea groups is 1. The van der Waals surface area contributed by atoms with Gasteiger partial charge in [-0.1, -0.05) is 24.3 Å². The third-order valence-corrected chi connectivity index (χ3v) is 5.13. The standard InChI is InChI=1S/C22H27FN4O2/c1-26(2)18-9-7-16(8-10-18)15-24-22(29)25-17-11-13-27(14-12-17)21(28)19-5-3-4-6-20(19)23/h3-10,17H,11-15H2,1-2H3,(H2,24,25,29). The van der Waals surface area contributed by atoms with Crippen LogP contribution in [0.5, 0.6) is 0 Å². The number of nitrogens with zero attached hydrogens (tertiary/aromatic N) is 2. The van der Waals surface area contributed by atoms with Crippen molar-refractivity contribution in [1.29, 1.82) is 0 Å². The highest BCUT2D eigenvalue weighted by atomic mass is 19.1. The lowest BCUT2D eigenvalue weighted by atomic mass is 10.0. The number of carbonyl (C=O) groups excluding carboxylic acids is 2. The number of nitrogens with one attached hydrogen (secondary N) is 2. The lowest BCUT2D eigenvalue weighted by Crippen LogP contribution is -2.49. The molecule has 2 N–H and O–H groups in total. The van der Waals surface area contributed by atoms with Crippen LogP contribution in [0.25, 0.3) is 0 Å². The SMILES string of the molecule is CN(C)c1ccc(CNC(=O)NC2CCN(C(=O)c3ccccc3F)CC2)cc1. The Morgan fingerprint density at radius 2 is 1.72 bits per heavy atom. The smallest absolute Gasteiger partial charge is 0.315 e. The summed E-state index contributed by atoms with van der Waals surface area (Å²) in [5.41, 5.74) is 2.22. The highest BCUT2D eigenvalue weighted by Gasteiger charge is 2.25. The summed E-state index contributed by atoms with van der Waals surface area (Å²) in [5, 5.41) is 5.83. The Bertz CT molecular complexity index is 846. The van der Waals surface area contributed by atoms with E-state index in [4.69, 9.17) is 0 Å². The second kappa shape index (κ2) is 9.41. The summed E-state index contributed by atoms with van der Waals surface area (Å²) < 4.78 is 13.8. The molecule has 0 aromatic heterocycles. The first-order valence-electron chi connectivity index (χ1n) is 9.78. The number of benzene rings is 2. The molecular weight excluding hydrogens is 371 g/mol. The van der Waals surface area contributed by atoms with Crippen LogP contribution in [0.3, 0.4) is 0 Å². The quantitative estimate of drug-likeness (QED) is 0.814. The number of hydrogen-bond acceptors (Lipinski definition) is 3. The molecule has 1 fully saturated rings. The molecule has 0 atom stereocenters. The molecule has 1 heterocycles. The fraction of sp³-hybridized carbons (Fsp3) is 0.364. The van der Waals surface area contributed by atoms with E-state index in [-0.39, 0.29) is 23.5 Å². The normalized spacial score (nSPS) is 14.4. The van der Waals surface area contributed by atoms with Gasteiger partial charge in [0.05, 0.1) is 5.56 Å². The zero-order chi connectivity index (χ0) is 20.8. The monoisotopic (exact) mass is 398 g/mol. The first kappa shape index (κ1) is 20.6. The molecule has 6 nitrogen and oxygen atoms in total. The van der Waals surface area contributed by atoms with E-state index in [1.54, 1.807) is 17.0 Å². The van der Waals surface area contributed by atoms with Crippen molar-refractivity contribution in [3.63, 3.8) is 0 Å². The first-order chi connectivity index (χ1) is 13.9. The van der Waals surface area contributed by atoms with E-state index in [0.29, 0.717) is 32.5 Å². The van der Waals surface area contributed by atoms with E-state index < -0.39 is 5.82 Å². The fourth-order valence-electron chi connectivity index (χ4n) is 3.36. The minimum atomic E-state index is -0.504. The topological polar surface area (TPSA) is 64.7 Å². The Morgan fingerprint density at radius 1 is 1.07 bits per heavy atom. The van der Waals surface area contributed by atoms with Crippen LogP contribution >= 0.6 is 0 Å². The predicted molar refractivity (Wildman–Crippen MR) is 111 cm³/mol. The van der Waals surface area contributed by atoms with Crippen LogP contribution in [-0.2, 0) is 6.54 Å². The van der Waals surface area contributed by atoms with E-state index >= 15 is 0 Å². The summed E-state index contributed by atoms with van der Waals surface area (Å²) >= 11 is 0. The van der Waals surface area contributed by atoms with Crippen LogP contribution in [0.2, 0.25) is 0 Å². The average molecular weight is 398 g/mol. The summed E-state index contributed by atoms with van der Waals surface area (Å²) in [6.45, 7) is 1.43. The van der Waals surface area contributed by atoms with Crippen LogP contribution < -0.4 is 15.5 Å². The minimum absolute atomic E-state index is 0.00390. The van der Waals surface area contributed by atoms with Gasteiger partial charge in [0.25, 0.3) is 5.91 Å². The zero-order valence-electron chi connectivity index (χ0n) is 16.8. The summed E-state index contributed by atoms with van der Waals surface area (Å²) in [4.78, 5) is 28.3. The Morgan fingerprint density at radius 3 is 2.34 bits per heavy atom. The number of likely N-dealkylation sites (tertiary alicyclic amines) is 1. The third kappa shape index (κ3) is 5.47. The Kier molecular flexibility index (Phi) is 6.69. The molecule has 7 heteroatoms. The van der Waals surface area contributed by atoms with Gasteiger partial charge in [0.2, 0.25) is 0 Å². The molecule has 2 aromatic rings. The van der Waals surface area contributed by atoms with Crippen molar-refractivity contribution in [2.45, 2.75) is 25.4 Å². The van der Waals surface area contributed by atoms with Crippen LogP contribution in [0.15, 0.2) is 48.5 Å². The number of anilines is 1. The van der Waals surface area contributed by atoms with Crippen molar-refractivity contribution in [2.24, 2.45) is 0 Å².